The van der Waals surface area contributed by atoms with Crippen LogP contribution in [0.15, 0.2) is 0 Å². The van der Waals surface area contributed by atoms with Crippen molar-refractivity contribution >= 4 is 25.0 Å². The van der Waals surface area contributed by atoms with Gasteiger partial charge in [0.15, 0.2) is 31.2 Å². The lowest BCUT2D eigenvalue weighted by atomic mass is 9.99. The highest BCUT2D eigenvalue weighted by Gasteiger charge is 2.51. The molecule has 1 saturated heterocycles. The molecule has 1 N–H and O–H groups in total. The van der Waals surface area contributed by atoms with Crippen LogP contribution in [0.1, 0.15) is 0 Å². The molecule has 0 saturated carbocycles. The van der Waals surface area contributed by atoms with Crippen molar-refractivity contribution in [2.75, 3.05) is 13.2 Å². The van der Waals surface area contributed by atoms with E-state index < -0.39 is 49.6 Å². The summed E-state index contributed by atoms with van der Waals surface area (Å²) in [5.41, 5.74) is 0. The van der Waals surface area contributed by atoms with E-state index in [0.29, 0.717) is 0 Å². The van der Waals surface area contributed by atoms with Crippen molar-refractivity contribution in [2.24, 2.45) is 0 Å². The van der Waals surface area contributed by atoms with E-state index in [0.717, 1.165) is 0 Å². The van der Waals surface area contributed by atoms with E-state index in [1.54, 1.807) is 0 Å². The third-order valence-corrected chi connectivity index (χ3v) is 6.51. The van der Waals surface area contributed by atoms with Gasteiger partial charge in [0.1, 0.15) is 31.0 Å². The summed E-state index contributed by atoms with van der Waals surface area (Å²) < 4.78 is 31.3. The number of ether oxygens (including phenoxy) is 2. The van der Waals surface area contributed by atoms with Gasteiger partial charge in [-0.25, -0.2) is 0 Å². The summed E-state index contributed by atoms with van der Waals surface area (Å²) in [6, 6.07) is 0. The molecule has 1 heterocycles. The molecule has 0 radical (unpaired) electrons. The summed E-state index contributed by atoms with van der Waals surface area (Å²) in [5, 5.41) is 9.97. The van der Waals surface area contributed by atoms with Crippen molar-refractivity contribution < 1.29 is 27.9 Å². The molecule has 0 aliphatic carbocycles. The van der Waals surface area contributed by atoms with Gasteiger partial charge in [0.05, 0.1) is 6.61 Å². The molecule has 1 aliphatic rings. The van der Waals surface area contributed by atoms with E-state index in [2.05, 4.69) is 64.8 Å². The normalized spacial score (nSPS) is 30.2. The molecule has 0 spiro atoms. The van der Waals surface area contributed by atoms with Crippen molar-refractivity contribution in [3.8, 4) is 12.3 Å². The molecule has 1 aliphatic heterocycles. The monoisotopic (exact) mass is 434 g/mol. The van der Waals surface area contributed by atoms with Crippen LogP contribution in [0.2, 0.25) is 58.9 Å². The standard InChI is InChI=1S/C18H38O6Si3/c1-11-12-20-18-17(24-27(8,9)10)16(23-26(5,6)7)15(14(13-19)21-18)22-25(2,3)4/h1,14-19H,12-13H2,2-10H3/t14?,15-,16?,17?,18+/m1/s1. The Morgan fingerprint density at radius 3 is 1.67 bits per heavy atom. The van der Waals surface area contributed by atoms with Crippen molar-refractivity contribution in [1.82, 2.24) is 0 Å². The number of hydrogen-bond acceptors (Lipinski definition) is 6. The number of aliphatic hydroxyl groups is 1. The minimum absolute atomic E-state index is 0.105. The second-order valence-corrected chi connectivity index (χ2v) is 23.2. The van der Waals surface area contributed by atoms with Crippen LogP contribution in [-0.4, -0.2) is 74.0 Å². The summed E-state index contributed by atoms with van der Waals surface area (Å²) in [6.45, 7) is 19.0. The van der Waals surface area contributed by atoms with Crippen molar-refractivity contribution in [1.29, 1.82) is 0 Å². The number of aliphatic hydroxyl groups excluding tert-OH is 1. The topological polar surface area (TPSA) is 66.4 Å². The third-order valence-electron chi connectivity index (χ3n) is 3.57. The Labute approximate surface area is 168 Å². The first-order valence-electron chi connectivity index (χ1n) is 9.52. The Bertz CT molecular complexity index is 503. The second-order valence-electron chi connectivity index (χ2n) is 9.83. The number of terminal acetylenes is 1. The van der Waals surface area contributed by atoms with Gasteiger partial charge in [-0.05, 0) is 58.9 Å². The molecule has 0 aromatic rings. The van der Waals surface area contributed by atoms with Crippen LogP contribution in [0.4, 0.5) is 0 Å². The number of rotatable bonds is 9. The Balaban J connectivity index is 3.32. The molecule has 27 heavy (non-hydrogen) atoms. The van der Waals surface area contributed by atoms with E-state index in [1.165, 1.54) is 0 Å². The van der Waals surface area contributed by atoms with E-state index in [9.17, 15) is 5.11 Å². The maximum absolute atomic E-state index is 9.97. The first kappa shape index (κ1) is 25.0. The van der Waals surface area contributed by atoms with Gasteiger partial charge in [-0.1, -0.05) is 5.92 Å². The highest BCUT2D eigenvalue weighted by molar-refractivity contribution is 6.70. The minimum Gasteiger partial charge on any atom is -0.409 e. The largest absolute Gasteiger partial charge is 0.409 e. The molecule has 6 nitrogen and oxygen atoms in total. The van der Waals surface area contributed by atoms with Crippen molar-refractivity contribution in [3.05, 3.63) is 0 Å². The van der Waals surface area contributed by atoms with Crippen molar-refractivity contribution in [3.63, 3.8) is 0 Å². The average molecular weight is 435 g/mol. The molecule has 158 valence electrons. The number of hydrogen-bond donors (Lipinski definition) is 1. The van der Waals surface area contributed by atoms with Crippen LogP contribution >= 0.6 is 0 Å². The Morgan fingerprint density at radius 1 is 0.815 bits per heavy atom. The highest BCUT2D eigenvalue weighted by atomic mass is 28.4. The molecular formula is C18H38O6Si3. The molecule has 0 aromatic carbocycles. The quantitative estimate of drug-likeness (QED) is 0.444. The fourth-order valence-electron chi connectivity index (χ4n) is 2.92. The summed E-state index contributed by atoms with van der Waals surface area (Å²) in [5.74, 6) is 2.48. The zero-order valence-corrected chi connectivity index (χ0v) is 21.4. The fraction of sp³-hybridized carbons (Fsp3) is 0.889. The van der Waals surface area contributed by atoms with Gasteiger partial charge >= 0.3 is 0 Å². The van der Waals surface area contributed by atoms with E-state index in [4.69, 9.17) is 29.2 Å². The van der Waals surface area contributed by atoms with Gasteiger partial charge in [0.2, 0.25) is 0 Å². The Hall–Kier alpha value is -0.0294. The SMILES string of the molecule is C#CCO[C@H]1OC(CO)[C@@H](O[Si](C)(C)C)C(O[Si](C)(C)C)C1O[Si](C)(C)C. The summed E-state index contributed by atoms with van der Waals surface area (Å²) in [7, 11) is -5.82. The van der Waals surface area contributed by atoms with Crippen LogP contribution in [0.3, 0.4) is 0 Å². The zero-order valence-electron chi connectivity index (χ0n) is 18.4. The van der Waals surface area contributed by atoms with Gasteiger partial charge in [-0.2, -0.15) is 0 Å². The van der Waals surface area contributed by atoms with E-state index in [-0.39, 0.29) is 19.3 Å². The zero-order chi connectivity index (χ0) is 21.0. The first-order valence-corrected chi connectivity index (χ1v) is 19.7. The van der Waals surface area contributed by atoms with Crippen LogP contribution in [-0.2, 0) is 22.8 Å². The predicted octanol–water partition coefficient (Wildman–Crippen LogP) is 3.01. The Kier molecular flexibility index (Phi) is 8.94. The van der Waals surface area contributed by atoms with Gasteiger partial charge in [-0.3, -0.25) is 0 Å². The molecule has 3 unspecified atom stereocenters. The smallest absolute Gasteiger partial charge is 0.186 e. The lowest BCUT2D eigenvalue weighted by Gasteiger charge is -2.50. The lowest BCUT2D eigenvalue weighted by molar-refractivity contribution is -0.288. The molecule has 1 rings (SSSR count). The summed E-state index contributed by atoms with van der Waals surface area (Å²) in [6.07, 6.45) is 2.86. The third kappa shape index (κ3) is 8.89. The molecule has 1 fully saturated rings. The predicted molar refractivity (Wildman–Crippen MR) is 115 cm³/mol. The summed E-state index contributed by atoms with van der Waals surface area (Å²) >= 11 is 0. The van der Waals surface area contributed by atoms with Crippen LogP contribution in [0, 0.1) is 12.3 Å². The fourth-order valence-corrected chi connectivity index (χ4v) is 6.17. The van der Waals surface area contributed by atoms with Crippen LogP contribution in [0.5, 0.6) is 0 Å². The molecule has 5 atom stereocenters. The molecule has 0 amide bonds. The lowest BCUT2D eigenvalue weighted by Crippen LogP contribution is -2.66. The van der Waals surface area contributed by atoms with Gasteiger partial charge in [-0.15, -0.1) is 6.42 Å². The molecule has 0 aromatic heterocycles. The second kappa shape index (κ2) is 9.65. The molecular weight excluding hydrogens is 396 g/mol. The molecule has 9 heteroatoms. The minimum atomic E-state index is -1.95. The van der Waals surface area contributed by atoms with Crippen molar-refractivity contribution in [2.45, 2.75) is 89.6 Å². The van der Waals surface area contributed by atoms with E-state index in [1.807, 2.05) is 0 Å². The first-order chi connectivity index (χ1) is 12.2. The van der Waals surface area contributed by atoms with Gasteiger partial charge in [0.25, 0.3) is 0 Å². The average Bonchev–Trinajstić information content (AvgIpc) is 2.45. The van der Waals surface area contributed by atoms with Gasteiger partial charge < -0.3 is 27.9 Å². The Morgan fingerprint density at radius 2 is 1.26 bits per heavy atom. The summed E-state index contributed by atoms with van der Waals surface area (Å²) in [4.78, 5) is 0. The van der Waals surface area contributed by atoms with Gasteiger partial charge in [0, 0.05) is 0 Å². The maximum Gasteiger partial charge on any atom is 0.186 e. The maximum atomic E-state index is 9.97. The highest BCUT2D eigenvalue weighted by Crippen LogP contribution is 2.33. The molecule has 0 bridgehead atoms. The van der Waals surface area contributed by atoms with Crippen LogP contribution < -0.4 is 0 Å². The van der Waals surface area contributed by atoms with E-state index >= 15 is 0 Å². The van der Waals surface area contributed by atoms with Crippen LogP contribution in [0.25, 0.3) is 0 Å².